The molecule has 1 amide bonds. The molecule has 0 aromatic carbocycles. The number of hydrogen-bond donors (Lipinski definition) is 1. The van der Waals surface area contributed by atoms with Crippen LogP contribution in [-0.4, -0.2) is 28.9 Å². The quantitative estimate of drug-likeness (QED) is 0.787. The van der Waals surface area contributed by atoms with Gasteiger partial charge in [0.25, 0.3) is 5.91 Å². The molecule has 2 heterocycles. The maximum Gasteiger partial charge on any atom is 0.270 e. The Hall–Kier alpha value is -1.29. The van der Waals surface area contributed by atoms with Crippen LogP contribution in [0.5, 0.6) is 0 Å². The van der Waals surface area contributed by atoms with Gasteiger partial charge in [-0.3, -0.25) is 4.79 Å². The fourth-order valence-electron chi connectivity index (χ4n) is 1.54. The summed E-state index contributed by atoms with van der Waals surface area (Å²) in [5.74, 6) is -0.475. The van der Waals surface area contributed by atoms with Gasteiger partial charge in [0.1, 0.15) is 11.5 Å². The lowest BCUT2D eigenvalue weighted by molar-refractivity contribution is 0.0750. The van der Waals surface area contributed by atoms with Crippen molar-refractivity contribution in [2.45, 2.75) is 6.42 Å². The number of H-pyrrole nitrogens is 1. The summed E-state index contributed by atoms with van der Waals surface area (Å²) in [5.41, 5.74) is 0.398. The zero-order chi connectivity index (χ0) is 10.8. The van der Waals surface area contributed by atoms with Crippen LogP contribution in [0.1, 0.15) is 16.9 Å². The van der Waals surface area contributed by atoms with Crippen molar-refractivity contribution < 1.29 is 9.18 Å². The first kappa shape index (κ1) is 10.2. The summed E-state index contributed by atoms with van der Waals surface area (Å²) in [6, 6.07) is 1.54. The van der Waals surface area contributed by atoms with Gasteiger partial charge in [-0.05, 0) is 18.6 Å². The Kier molecular flexibility index (Phi) is 2.77. The van der Waals surface area contributed by atoms with Crippen molar-refractivity contribution in [1.29, 1.82) is 0 Å². The van der Waals surface area contributed by atoms with Crippen LogP contribution >= 0.6 is 11.6 Å². The lowest BCUT2D eigenvalue weighted by atomic mass is 10.2. The van der Waals surface area contributed by atoms with Gasteiger partial charge < -0.3 is 9.88 Å². The van der Waals surface area contributed by atoms with Gasteiger partial charge in [-0.15, -0.1) is 0 Å². The molecular formula is C10H10ClFN2O. The van der Waals surface area contributed by atoms with E-state index in [-0.39, 0.29) is 18.3 Å². The molecule has 0 saturated heterocycles. The maximum absolute atomic E-state index is 12.9. The Balaban J connectivity index is 2.12. The first-order chi connectivity index (χ1) is 7.16. The molecule has 1 aliphatic heterocycles. The van der Waals surface area contributed by atoms with E-state index in [0.29, 0.717) is 23.7 Å². The van der Waals surface area contributed by atoms with Crippen molar-refractivity contribution in [1.82, 2.24) is 9.88 Å². The van der Waals surface area contributed by atoms with Crippen LogP contribution in [0.15, 0.2) is 24.2 Å². The van der Waals surface area contributed by atoms with E-state index in [9.17, 15) is 9.18 Å². The average molecular weight is 229 g/mol. The molecule has 1 aromatic rings. The van der Waals surface area contributed by atoms with E-state index in [1.54, 1.807) is 6.07 Å². The molecule has 0 aliphatic carbocycles. The minimum atomic E-state index is -0.257. The molecule has 15 heavy (non-hydrogen) atoms. The van der Waals surface area contributed by atoms with Gasteiger partial charge in [0.2, 0.25) is 0 Å². The van der Waals surface area contributed by atoms with E-state index in [2.05, 4.69) is 4.98 Å². The largest absolute Gasteiger partial charge is 0.356 e. The molecule has 1 aliphatic rings. The Morgan fingerprint density at radius 2 is 2.40 bits per heavy atom. The molecule has 2 rings (SSSR count). The summed E-state index contributed by atoms with van der Waals surface area (Å²) in [6.45, 7) is 0.596. The van der Waals surface area contributed by atoms with Gasteiger partial charge in [-0.2, -0.15) is 0 Å². The normalized spacial score (nSPS) is 16.4. The SMILES string of the molecule is O=C(c1cc(Cl)c[nH]1)N1CCC=C(F)C1. The van der Waals surface area contributed by atoms with Gasteiger partial charge in [0.05, 0.1) is 11.6 Å². The number of carbonyl (C=O) groups excluding carboxylic acids is 1. The molecular weight excluding hydrogens is 219 g/mol. The maximum atomic E-state index is 12.9. The van der Waals surface area contributed by atoms with Gasteiger partial charge in [0.15, 0.2) is 0 Å². The summed E-state index contributed by atoms with van der Waals surface area (Å²) in [6.07, 6.45) is 3.60. The number of aromatic amines is 1. The summed E-state index contributed by atoms with van der Waals surface area (Å²) < 4.78 is 12.9. The highest BCUT2D eigenvalue weighted by molar-refractivity contribution is 6.30. The van der Waals surface area contributed by atoms with Crippen molar-refractivity contribution in [3.63, 3.8) is 0 Å². The first-order valence-corrected chi connectivity index (χ1v) is 5.02. The monoisotopic (exact) mass is 228 g/mol. The lowest BCUT2D eigenvalue weighted by Crippen LogP contribution is -2.35. The van der Waals surface area contributed by atoms with E-state index in [4.69, 9.17) is 11.6 Å². The van der Waals surface area contributed by atoms with Gasteiger partial charge in [-0.1, -0.05) is 11.6 Å². The second-order valence-electron chi connectivity index (χ2n) is 3.40. The molecule has 0 fully saturated rings. The number of hydrogen-bond acceptors (Lipinski definition) is 1. The Morgan fingerprint density at radius 3 is 3.00 bits per heavy atom. The standard InChI is InChI=1S/C10H10ClFN2O/c11-7-4-9(13-5-7)10(15)14-3-1-2-8(12)6-14/h2,4-5,13H,1,3,6H2. The van der Waals surface area contributed by atoms with Crippen molar-refractivity contribution in [3.8, 4) is 0 Å². The topological polar surface area (TPSA) is 36.1 Å². The highest BCUT2D eigenvalue weighted by atomic mass is 35.5. The molecule has 0 unspecified atom stereocenters. The van der Waals surface area contributed by atoms with Gasteiger partial charge in [-0.25, -0.2) is 4.39 Å². The first-order valence-electron chi connectivity index (χ1n) is 4.64. The third-order valence-electron chi connectivity index (χ3n) is 2.27. The molecule has 5 heteroatoms. The highest BCUT2D eigenvalue weighted by Gasteiger charge is 2.20. The lowest BCUT2D eigenvalue weighted by Gasteiger charge is -2.23. The molecule has 1 N–H and O–H groups in total. The highest BCUT2D eigenvalue weighted by Crippen LogP contribution is 2.16. The van der Waals surface area contributed by atoms with E-state index in [1.165, 1.54) is 17.2 Å². The van der Waals surface area contributed by atoms with Crippen molar-refractivity contribution in [3.05, 3.63) is 34.9 Å². The summed E-state index contributed by atoms with van der Waals surface area (Å²) in [5, 5.41) is 0.478. The molecule has 0 radical (unpaired) electrons. The molecule has 0 bridgehead atoms. The van der Waals surface area contributed by atoms with Crippen LogP contribution in [0.25, 0.3) is 0 Å². The second-order valence-corrected chi connectivity index (χ2v) is 3.83. The number of nitrogens with zero attached hydrogens (tertiary/aromatic N) is 1. The number of aromatic nitrogens is 1. The van der Waals surface area contributed by atoms with Crippen molar-refractivity contribution >= 4 is 17.5 Å². The minimum absolute atomic E-state index is 0.0511. The smallest absolute Gasteiger partial charge is 0.270 e. The molecule has 0 spiro atoms. The summed E-state index contributed by atoms with van der Waals surface area (Å²) in [7, 11) is 0. The zero-order valence-electron chi connectivity index (χ0n) is 7.96. The van der Waals surface area contributed by atoms with Gasteiger partial charge in [0, 0.05) is 12.7 Å². The van der Waals surface area contributed by atoms with Gasteiger partial charge >= 0.3 is 0 Å². The van der Waals surface area contributed by atoms with Crippen LogP contribution in [-0.2, 0) is 0 Å². The number of halogens is 2. The van der Waals surface area contributed by atoms with Crippen LogP contribution < -0.4 is 0 Å². The molecule has 1 aromatic heterocycles. The molecule has 80 valence electrons. The molecule has 3 nitrogen and oxygen atoms in total. The fraction of sp³-hybridized carbons (Fsp3) is 0.300. The summed E-state index contributed by atoms with van der Waals surface area (Å²) in [4.78, 5) is 16.0. The minimum Gasteiger partial charge on any atom is -0.356 e. The van der Waals surface area contributed by atoms with Crippen LogP contribution in [0.2, 0.25) is 5.02 Å². The van der Waals surface area contributed by atoms with Crippen molar-refractivity contribution in [2.24, 2.45) is 0 Å². The Bertz CT molecular complexity index is 413. The van der Waals surface area contributed by atoms with Crippen molar-refractivity contribution in [2.75, 3.05) is 13.1 Å². The van der Waals surface area contributed by atoms with E-state index < -0.39 is 0 Å². The second kappa shape index (κ2) is 4.06. The summed E-state index contributed by atoms with van der Waals surface area (Å²) >= 11 is 5.68. The third kappa shape index (κ3) is 2.21. The average Bonchev–Trinajstić information content (AvgIpc) is 2.64. The Morgan fingerprint density at radius 1 is 1.60 bits per heavy atom. The van der Waals surface area contributed by atoms with Crippen LogP contribution in [0.4, 0.5) is 4.39 Å². The zero-order valence-corrected chi connectivity index (χ0v) is 8.72. The molecule has 0 saturated carbocycles. The Labute approximate surface area is 91.5 Å². The number of rotatable bonds is 1. The fourth-order valence-corrected chi connectivity index (χ4v) is 1.70. The van der Waals surface area contributed by atoms with E-state index in [0.717, 1.165) is 0 Å². The van der Waals surface area contributed by atoms with Crippen LogP contribution in [0, 0.1) is 0 Å². The van der Waals surface area contributed by atoms with E-state index in [1.807, 2.05) is 0 Å². The third-order valence-corrected chi connectivity index (χ3v) is 2.49. The number of carbonyl (C=O) groups is 1. The predicted molar refractivity (Wildman–Crippen MR) is 55.5 cm³/mol. The van der Waals surface area contributed by atoms with Crippen LogP contribution in [0.3, 0.4) is 0 Å². The predicted octanol–water partition coefficient (Wildman–Crippen LogP) is 2.37. The number of nitrogens with one attached hydrogen (secondary N) is 1. The number of amides is 1. The van der Waals surface area contributed by atoms with E-state index >= 15 is 0 Å². The molecule has 0 atom stereocenters.